The second-order valence-electron chi connectivity index (χ2n) is 7.37. The summed E-state index contributed by atoms with van der Waals surface area (Å²) in [6.45, 7) is 8.12. The molecule has 0 spiro atoms. The molecule has 0 bridgehead atoms. The highest BCUT2D eigenvalue weighted by Crippen LogP contribution is 2.11. The first-order valence-corrected chi connectivity index (χ1v) is 10.3. The standard InChI is InChI=1S/C22H30N4O4/c1-18-4-2-5-19(16-18)29-15-8-23-21(27)17-26-12-10-25(11-13-26)9-7-24-22(28)20-6-3-14-30-20/h2-6,14,16H,7-13,15,17H2,1H3,(H,23,27)(H,24,28). The number of hydrogen-bond donors (Lipinski definition) is 2. The molecule has 2 amide bonds. The van der Waals surface area contributed by atoms with Crippen molar-refractivity contribution in [2.24, 2.45) is 0 Å². The third-order valence-corrected chi connectivity index (χ3v) is 4.97. The van der Waals surface area contributed by atoms with E-state index in [2.05, 4.69) is 20.4 Å². The quantitative estimate of drug-likeness (QED) is 0.567. The molecule has 8 nitrogen and oxygen atoms in total. The Hall–Kier alpha value is -2.84. The van der Waals surface area contributed by atoms with Crippen LogP contribution in [0.3, 0.4) is 0 Å². The van der Waals surface area contributed by atoms with E-state index in [0.717, 1.165) is 44.0 Å². The van der Waals surface area contributed by atoms with Crippen molar-refractivity contribution in [2.75, 3.05) is 59.0 Å². The van der Waals surface area contributed by atoms with Crippen LogP contribution in [0.25, 0.3) is 0 Å². The van der Waals surface area contributed by atoms with E-state index in [1.54, 1.807) is 12.1 Å². The van der Waals surface area contributed by atoms with E-state index in [1.807, 2.05) is 31.2 Å². The normalized spacial score (nSPS) is 15.0. The molecular formula is C22H30N4O4. The van der Waals surface area contributed by atoms with Crippen molar-refractivity contribution in [1.82, 2.24) is 20.4 Å². The van der Waals surface area contributed by atoms with E-state index in [4.69, 9.17) is 9.15 Å². The van der Waals surface area contributed by atoms with Gasteiger partial charge in [0, 0.05) is 39.3 Å². The van der Waals surface area contributed by atoms with E-state index in [-0.39, 0.29) is 11.8 Å². The van der Waals surface area contributed by atoms with Crippen molar-refractivity contribution >= 4 is 11.8 Å². The topological polar surface area (TPSA) is 87.0 Å². The SMILES string of the molecule is Cc1cccc(OCCNC(=O)CN2CCN(CCNC(=O)c3ccco3)CC2)c1. The van der Waals surface area contributed by atoms with Crippen molar-refractivity contribution in [3.63, 3.8) is 0 Å². The van der Waals surface area contributed by atoms with Gasteiger partial charge in [-0.15, -0.1) is 0 Å². The molecule has 1 aromatic carbocycles. The van der Waals surface area contributed by atoms with Gasteiger partial charge in [0.05, 0.1) is 19.4 Å². The van der Waals surface area contributed by atoms with Crippen molar-refractivity contribution in [3.8, 4) is 5.75 Å². The first-order valence-electron chi connectivity index (χ1n) is 10.3. The highest BCUT2D eigenvalue weighted by atomic mass is 16.5. The number of hydrogen-bond acceptors (Lipinski definition) is 6. The summed E-state index contributed by atoms with van der Waals surface area (Å²) < 4.78 is 10.7. The molecule has 1 fully saturated rings. The predicted molar refractivity (Wildman–Crippen MR) is 114 cm³/mol. The number of nitrogens with zero attached hydrogens (tertiary/aromatic N) is 2. The van der Waals surface area contributed by atoms with Gasteiger partial charge in [-0.25, -0.2) is 0 Å². The number of amides is 2. The number of aryl methyl sites for hydroxylation is 1. The minimum atomic E-state index is -0.193. The van der Waals surface area contributed by atoms with E-state index in [1.165, 1.54) is 6.26 Å². The number of piperazine rings is 1. The minimum Gasteiger partial charge on any atom is -0.492 e. The lowest BCUT2D eigenvalue weighted by atomic mass is 10.2. The molecule has 1 aromatic heterocycles. The second-order valence-corrected chi connectivity index (χ2v) is 7.37. The van der Waals surface area contributed by atoms with Crippen molar-refractivity contribution in [2.45, 2.75) is 6.92 Å². The number of ether oxygens (including phenoxy) is 1. The fourth-order valence-electron chi connectivity index (χ4n) is 3.32. The highest BCUT2D eigenvalue weighted by molar-refractivity contribution is 5.91. The van der Waals surface area contributed by atoms with Gasteiger partial charge < -0.3 is 19.8 Å². The Morgan fingerprint density at radius 1 is 1.03 bits per heavy atom. The van der Waals surface area contributed by atoms with Gasteiger partial charge in [0.1, 0.15) is 12.4 Å². The molecule has 0 saturated carbocycles. The van der Waals surface area contributed by atoms with Crippen LogP contribution in [0.15, 0.2) is 47.1 Å². The Morgan fingerprint density at radius 3 is 2.57 bits per heavy atom. The zero-order chi connectivity index (χ0) is 21.2. The number of carbonyl (C=O) groups excluding carboxylic acids is 2. The fraction of sp³-hybridized carbons (Fsp3) is 0.455. The summed E-state index contributed by atoms with van der Waals surface area (Å²) in [5, 5.41) is 5.77. The van der Waals surface area contributed by atoms with Crippen molar-refractivity contribution in [3.05, 3.63) is 54.0 Å². The van der Waals surface area contributed by atoms with Crippen molar-refractivity contribution in [1.29, 1.82) is 0 Å². The summed E-state index contributed by atoms with van der Waals surface area (Å²) in [4.78, 5) is 28.4. The average Bonchev–Trinajstić information content (AvgIpc) is 3.28. The van der Waals surface area contributed by atoms with Gasteiger partial charge in [-0.1, -0.05) is 12.1 Å². The van der Waals surface area contributed by atoms with E-state index in [9.17, 15) is 9.59 Å². The molecule has 1 aliphatic rings. The van der Waals surface area contributed by atoms with Crippen LogP contribution in [0.1, 0.15) is 16.1 Å². The maximum Gasteiger partial charge on any atom is 0.287 e. The van der Waals surface area contributed by atoms with E-state index in [0.29, 0.717) is 32.0 Å². The van der Waals surface area contributed by atoms with E-state index >= 15 is 0 Å². The number of nitrogens with one attached hydrogen (secondary N) is 2. The molecule has 2 N–H and O–H groups in total. The number of carbonyl (C=O) groups is 2. The molecule has 0 atom stereocenters. The molecule has 1 aliphatic heterocycles. The van der Waals surface area contributed by atoms with Crippen LogP contribution in [0.4, 0.5) is 0 Å². The Labute approximate surface area is 177 Å². The van der Waals surface area contributed by atoms with Gasteiger partial charge in [-0.2, -0.15) is 0 Å². The maximum absolute atomic E-state index is 12.1. The number of benzene rings is 1. The monoisotopic (exact) mass is 414 g/mol. The van der Waals surface area contributed by atoms with Crippen molar-refractivity contribution < 1.29 is 18.7 Å². The molecule has 3 rings (SSSR count). The third-order valence-electron chi connectivity index (χ3n) is 4.97. The van der Waals surface area contributed by atoms with Crippen LogP contribution in [0, 0.1) is 6.92 Å². The lowest BCUT2D eigenvalue weighted by Crippen LogP contribution is -2.51. The molecule has 0 radical (unpaired) electrons. The lowest BCUT2D eigenvalue weighted by molar-refractivity contribution is -0.122. The third kappa shape index (κ3) is 7.20. The molecule has 2 heterocycles. The highest BCUT2D eigenvalue weighted by Gasteiger charge is 2.19. The zero-order valence-electron chi connectivity index (χ0n) is 17.4. The minimum absolute atomic E-state index is 0.0157. The number of rotatable bonds is 10. The summed E-state index contributed by atoms with van der Waals surface area (Å²) >= 11 is 0. The van der Waals surface area contributed by atoms with Crippen LogP contribution in [-0.2, 0) is 4.79 Å². The molecule has 162 valence electrons. The maximum atomic E-state index is 12.1. The molecule has 0 aliphatic carbocycles. The Bertz CT molecular complexity index is 801. The second kappa shape index (κ2) is 11.4. The Balaban J connectivity index is 1.23. The largest absolute Gasteiger partial charge is 0.492 e. The van der Waals surface area contributed by atoms with Crippen LogP contribution in [-0.4, -0.2) is 80.6 Å². The van der Waals surface area contributed by atoms with Crippen LogP contribution < -0.4 is 15.4 Å². The van der Waals surface area contributed by atoms with Gasteiger partial charge in [-0.3, -0.25) is 19.4 Å². The van der Waals surface area contributed by atoms with Crippen LogP contribution in [0.2, 0.25) is 0 Å². The molecule has 30 heavy (non-hydrogen) atoms. The molecular weight excluding hydrogens is 384 g/mol. The molecule has 1 saturated heterocycles. The molecule has 2 aromatic rings. The molecule has 8 heteroatoms. The van der Waals surface area contributed by atoms with E-state index < -0.39 is 0 Å². The van der Waals surface area contributed by atoms with Gasteiger partial charge in [0.2, 0.25) is 5.91 Å². The lowest BCUT2D eigenvalue weighted by Gasteiger charge is -2.34. The van der Waals surface area contributed by atoms with Crippen LogP contribution >= 0.6 is 0 Å². The first kappa shape index (κ1) is 21.9. The van der Waals surface area contributed by atoms with Gasteiger partial charge in [0.15, 0.2) is 5.76 Å². The van der Waals surface area contributed by atoms with Crippen LogP contribution in [0.5, 0.6) is 5.75 Å². The average molecular weight is 415 g/mol. The summed E-state index contributed by atoms with van der Waals surface area (Å²) in [6.07, 6.45) is 1.49. The predicted octanol–water partition coefficient (Wildman–Crippen LogP) is 1.13. The summed E-state index contributed by atoms with van der Waals surface area (Å²) in [6, 6.07) is 11.2. The van der Waals surface area contributed by atoms with Gasteiger partial charge >= 0.3 is 0 Å². The molecule has 0 unspecified atom stereocenters. The fourth-order valence-corrected chi connectivity index (χ4v) is 3.32. The number of furan rings is 1. The Kier molecular flexibility index (Phi) is 8.29. The summed E-state index contributed by atoms with van der Waals surface area (Å²) in [5.41, 5.74) is 1.15. The van der Waals surface area contributed by atoms with Gasteiger partial charge in [-0.05, 0) is 36.8 Å². The Morgan fingerprint density at radius 2 is 1.83 bits per heavy atom. The smallest absolute Gasteiger partial charge is 0.287 e. The van der Waals surface area contributed by atoms with Gasteiger partial charge in [0.25, 0.3) is 5.91 Å². The summed E-state index contributed by atoms with van der Waals surface area (Å²) in [7, 11) is 0. The summed E-state index contributed by atoms with van der Waals surface area (Å²) in [5.74, 6) is 0.972. The zero-order valence-corrected chi connectivity index (χ0v) is 17.4. The first-order chi connectivity index (χ1) is 14.6.